The van der Waals surface area contributed by atoms with E-state index in [2.05, 4.69) is 34.6 Å². The Kier molecular flexibility index (Phi) is 48.6. The third-order valence-corrected chi connectivity index (χ3v) is 13.0. The summed E-state index contributed by atoms with van der Waals surface area (Å²) in [5.41, 5.74) is 0. The van der Waals surface area contributed by atoms with Gasteiger partial charge in [0.2, 0.25) is 0 Å². The van der Waals surface area contributed by atoms with Gasteiger partial charge in [0.1, 0.15) is 13.2 Å². The van der Waals surface area contributed by atoms with Crippen LogP contribution in [0, 0.1) is 11.8 Å². The van der Waals surface area contributed by atoms with Gasteiger partial charge >= 0.3 is 17.9 Å². The van der Waals surface area contributed by atoms with Crippen molar-refractivity contribution in [3.05, 3.63) is 0 Å². The van der Waals surface area contributed by atoms with Crippen LogP contribution in [0.3, 0.4) is 0 Å². The van der Waals surface area contributed by atoms with E-state index in [4.69, 9.17) is 14.2 Å². The maximum atomic E-state index is 12.8. The molecule has 0 aromatic rings. The molecule has 6 nitrogen and oxygen atoms in total. The molecule has 0 heterocycles. The molecule has 6 heteroatoms. The van der Waals surface area contributed by atoms with E-state index in [0.717, 1.165) is 69.6 Å². The lowest BCUT2D eigenvalue weighted by Crippen LogP contribution is -2.30. The van der Waals surface area contributed by atoms with Gasteiger partial charge in [-0.2, -0.15) is 0 Å². The Morgan fingerprint density at radius 1 is 0.302 bits per heavy atom. The summed E-state index contributed by atoms with van der Waals surface area (Å²) in [7, 11) is 0. The van der Waals surface area contributed by atoms with Crippen LogP contribution in [0.4, 0.5) is 0 Å². The molecule has 1 atom stereocenters. The molecule has 0 rings (SSSR count). The Labute approximate surface area is 393 Å². The van der Waals surface area contributed by atoms with Crippen LogP contribution in [0.15, 0.2) is 0 Å². The molecule has 0 unspecified atom stereocenters. The Morgan fingerprint density at radius 2 is 0.524 bits per heavy atom. The first-order valence-corrected chi connectivity index (χ1v) is 28.2. The van der Waals surface area contributed by atoms with E-state index in [9.17, 15) is 14.4 Å². The lowest BCUT2D eigenvalue weighted by Gasteiger charge is -2.18. The van der Waals surface area contributed by atoms with Crippen molar-refractivity contribution < 1.29 is 28.6 Å². The van der Waals surface area contributed by atoms with Crippen molar-refractivity contribution in [1.29, 1.82) is 0 Å². The topological polar surface area (TPSA) is 78.9 Å². The molecule has 0 aliphatic heterocycles. The Hall–Kier alpha value is -1.59. The van der Waals surface area contributed by atoms with E-state index in [-0.39, 0.29) is 31.1 Å². The molecule has 0 fully saturated rings. The van der Waals surface area contributed by atoms with Crippen molar-refractivity contribution in [2.24, 2.45) is 11.8 Å². The number of ether oxygens (including phenoxy) is 3. The number of carbonyl (C=O) groups is 3. The molecule has 0 aliphatic carbocycles. The summed E-state index contributed by atoms with van der Waals surface area (Å²) in [5.74, 6) is 0.840. The Morgan fingerprint density at radius 3 is 0.778 bits per heavy atom. The normalized spacial score (nSPS) is 12.0. The molecule has 0 aliphatic rings. The largest absolute Gasteiger partial charge is 0.462 e. The molecule has 0 saturated heterocycles. The second-order valence-electron chi connectivity index (χ2n) is 20.5. The first kappa shape index (κ1) is 61.4. The van der Waals surface area contributed by atoms with Gasteiger partial charge in [-0.1, -0.05) is 279 Å². The minimum atomic E-state index is -0.762. The Bertz CT molecular complexity index is 962. The SMILES string of the molecule is CCCCCCCCCCCCCCC(=O)OC[C@@H](COC(=O)CCCCCCCCCCCCCCCCCC(C)C)OC(=O)CCCCCCCCCCCCCCC(C)C. The molecule has 0 aromatic carbocycles. The molecule has 0 saturated carbocycles. The van der Waals surface area contributed by atoms with Crippen LogP contribution >= 0.6 is 0 Å². The highest BCUT2D eigenvalue weighted by atomic mass is 16.6. The summed E-state index contributed by atoms with van der Waals surface area (Å²) in [6.45, 7) is 11.4. The van der Waals surface area contributed by atoms with Crippen LogP contribution in [0.1, 0.15) is 317 Å². The molecular formula is C57H110O6. The summed E-state index contributed by atoms with van der Waals surface area (Å²) in [6.07, 6.45) is 52.3. The lowest BCUT2D eigenvalue weighted by molar-refractivity contribution is -0.167. The molecule has 0 radical (unpaired) electrons. The highest BCUT2D eigenvalue weighted by molar-refractivity contribution is 5.71. The molecular weight excluding hydrogens is 781 g/mol. The van der Waals surface area contributed by atoms with Gasteiger partial charge in [-0.3, -0.25) is 14.4 Å². The fraction of sp³-hybridized carbons (Fsp3) is 0.947. The molecule has 63 heavy (non-hydrogen) atoms. The second-order valence-corrected chi connectivity index (χ2v) is 20.5. The van der Waals surface area contributed by atoms with Crippen molar-refractivity contribution in [2.75, 3.05) is 13.2 Å². The van der Waals surface area contributed by atoms with Crippen molar-refractivity contribution in [2.45, 2.75) is 323 Å². The molecule has 0 aromatic heterocycles. The molecule has 374 valence electrons. The van der Waals surface area contributed by atoms with Crippen molar-refractivity contribution >= 4 is 17.9 Å². The van der Waals surface area contributed by atoms with Crippen LogP contribution in [-0.2, 0) is 28.6 Å². The van der Waals surface area contributed by atoms with Gasteiger partial charge in [0, 0.05) is 19.3 Å². The number of carbonyl (C=O) groups excluding carboxylic acids is 3. The zero-order valence-electron chi connectivity index (χ0n) is 43.2. The van der Waals surface area contributed by atoms with Crippen LogP contribution < -0.4 is 0 Å². The summed E-state index contributed by atoms with van der Waals surface area (Å²) in [4.78, 5) is 38.1. The predicted octanol–water partition coefficient (Wildman–Crippen LogP) is 18.5. The monoisotopic (exact) mass is 891 g/mol. The maximum Gasteiger partial charge on any atom is 0.306 e. The van der Waals surface area contributed by atoms with E-state index >= 15 is 0 Å². The quantitative estimate of drug-likeness (QED) is 0.0344. The summed E-state index contributed by atoms with van der Waals surface area (Å²) < 4.78 is 16.9. The van der Waals surface area contributed by atoms with Crippen molar-refractivity contribution in [1.82, 2.24) is 0 Å². The van der Waals surface area contributed by atoms with Gasteiger partial charge in [0.05, 0.1) is 0 Å². The van der Waals surface area contributed by atoms with E-state index in [1.165, 1.54) is 205 Å². The first-order valence-electron chi connectivity index (χ1n) is 28.2. The predicted molar refractivity (Wildman–Crippen MR) is 270 cm³/mol. The summed E-state index contributed by atoms with van der Waals surface area (Å²) in [6, 6.07) is 0. The van der Waals surface area contributed by atoms with Gasteiger partial charge in [-0.05, 0) is 31.1 Å². The number of unbranched alkanes of at least 4 members (excludes halogenated alkanes) is 36. The van der Waals surface area contributed by atoms with Crippen molar-refractivity contribution in [3.8, 4) is 0 Å². The van der Waals surface area contributed by atoms with Gasteiger partial charge in [-0.15, -0.1) is 0 Å². The van der Waals surface area contributed by atoms with Crippen LogP contribution in [0.5, 0.6) is 0 Å². The molecule has 0 spiro atoms. The van der Waals surface area contributed by atoms with E-state index in [0.29, 0.717) is 19.3 Å². The van der Waals surface area contributed by atoms with E-state index in [1.807, 2.05) is 0 Å². The maximum absolute atomic E-state index is 12.8. The minimum Gasteiger partial charge on any atom is -0.462 e. The first-order chi connectivity index (χ1) is 30.7. The minimum absolute atomic E-state index is 0.0628. The average Bonchev–Trinajstić information content (AvgIpc) is 3.25. The number of hydrogen-bond donors (Lipinski definition) is 0. The highest BCUT2D eigenvalue weighted by Crippen LogP contribution is 2.18. The zero-order chi connectivity index (χ0) is 46.1. The standard InChI is InChI=1S/C57H110O6/c1-6-7-8-9-10-11-12-22-27-32-37-42-47-55(58)61-50-54(63-57(60)49-44-39-34-29-24-19-18-21-26-31-36-41-46-53(4)5)51-62-56(59)48-43-38-33-28-23-17-15-13-14-16-20-25-30-35-40-45-52(2)3/h52-54H,6-51H2,1-5H3/t54-/m0/s1. The fourth-order valence-corrected chi connectivity index (χ4v) is 8.70. The highest BCUT2D eigenvalue weighted by Gasteiger charge is 2.19. The van der Waals surface area contributed by atoms with Crippen molar-refractivity contribution in [3.63, 3.8) is 0 Å². The van der Waals surface area contributed by atoms with Crippen LogP contribution in [-0.4, -0.2) is 37.2 Å². The summed E-state index contributed by atoms with van der Waals surface area (Å²) >= 11 is 0. The number of esters is 3. The fourth-order valence-electron chi connectivity index (χ4n) is 8.70. The van der Waals surface area contributed by atoms with Gasteiger partial charge < -0.3 is 14.2 Å². The number of rotatable bonds is 51. The van der Waals surface area contributed by atoms with Gasteiger partial charge in [0.15, 0.2) is 6.10 Å². The molecule has 0 amide bonds. The van der Waals surface area contributed by atoms with Gasteiger partial charge in [-0.25, -0.2) is 0 Å². The van der Waals surface area contributed by atoms with Crippen LogP contribution in [0.25, 0.3) is 0 Å². The molecule has 0 bridgehead atoms. The third-order valence-electron chi connectivity index (χ3n) is 13.0. The lowest BCUT2D eigenvalue weighted by atomic mass is 10.0. The van der Waals surface area contributed by atoms with E-state index in [1.54, 1.807) is 0 Å². The Balaban J connectivity index is 4.28. The van der Waals surface area contributed by atoms with Gasteiger partial charge in [0.25, 0.3) is 0 Å². The smallest absolute Gasteiger partial charge is 0.306 e. The number of hydrogen-bond acceptors (Lipinski definition) is 6. The summed E-state index contributed by atoms with van der Waals surface area (Å²) in [5, 5.41) is 0. The second kappa shape index (κ2) is 49.8. The third kappa shape index (κ3) is 51.3. The van der Waals surface area contributed by atoms with Crippen LogP contribution in [0.2, 0.25) is 0 Å². The zero-order valence-corrected chi connectivity index (χ0v) is 43.2. The average molecular weight is 892 g/mol. The van der Waals surface area contributed by atoms with E-state index < -0.39 is 6.10 Å². The molecule has 0 N–H and O–H groups in total.